The number of esters is 1. The number of methoxy groups -OCH3 is 1. The molecule has 0 fully saturated rings. The minimum atomic E-state index is -0.287. The fourth-order valence-electron chi connectivity index (χ4n) is 2.15. The molecule has 0 atom stereocenters. The van der Waals surface area contributed by atoms with Gasteiger partial charge in [0.1, 0.15) is 5.75 Å². The Morgan fingerprint density at radius 1 is 1.40 bits per heavy atom. The van der Waals surface area contributed by atoms with Crippen LogP contribution < -0.4 is 21.1 Å². The van der Waals surface area contributed by atoms with E-state index in [2.05, 4.69) is 25.5 Å². The Bertz CT molecular complexity index is 688. The molecule has 9 nitrogen and oxygen atoms in total. The Kier molecular flexibility index (Phi) is 7.02. The van der Waals surface area contributed by atoms with Gasteiger partial charge in [-0.2, -0.15) is 4.98 Å². The van der Waals surface area contributed by atoms with E-state index in [-0.39, 0.29) is 18.5 Å². The summed E-state index contributed by atoms with van der Waals surface area (Å²) in [5.41, 5.74) is 6.56. The maximum absolute atomic E-state index is 11.1. The van der Waals surface area contributed by atoms with Crippen LogP contribution in [0.25, 0.3) is 0 Å². The predicted octanol–water partition coefficient (Wildman–Crippen LogP) is 0.541. The van der Waals surface area contributed by atoms with E-state index in [1.165, 1.54) is 7.11 Å². The zero-order chi connectivity index (χ0) is 18.1. The third kappa shape index (κ3) is 6.30. The fourth-order valence-corrected chi connectivity index (χ4v) is 2.15. The van der Waals surface area contributed by atoms with E-state index in [0.717, 1.165) is 17.7 Å². The van der Waals surface area contributed by atoms with Crippen LogP contribution in [0.2, 0.25) is 0 Å². The summed E-state index contributed by atoms with van der Waals surface area (Å²) < 4.78 is 11.9. The number of nitrogens with one attached hydrogen (secondary N) is 2. The maximum atomic E-state index is 11.1. The van der Waals surface area contributed by atoms with Crippen molar-refractivity contribution in [3.63, 3.8) is 0 Å². The first-order chi connectivity index (χ1) is 12.1. The Morgan fingerprint density at radius 3 is 2.96 bits per heavy atom. The molecule has 4 N–H and O–H groups in total. The highest BCUT2D eigenvalue weighted by Crippen LogP contribution is 2.13. The lowest BCUT2D eigenvalue weighted by Gasteiger charge is -2.09. The summed E-state index contributed by atoms with van der Waals surface area (Å²) in [4.78, 5) is 15.1. The minimum Gasteiger partial charge on any atom is -0.494 e. The van der Waals surface area contributed by atoms with Gasteiger partial charge in [-0.25, -0.2) is 4.68 Å². The number of nitrogens with two attached hydrogens (primary N) is 1. The number of nitrogen functional groups attached to an aromatic ring is 1. The van der Waals surface area contributed by atoms with E-state index in [1.54, 1.807) is 11.7 Å². The maximum Gasteiger partial charge on any atom is 0.319 e. The van der Waals surface area contributed by atoms with Gasteiger partial charge in [-0.05, 0) is 24.1 Å². The summed E-state index contributed by atoms with van der Waals surface area (Å²) in [5, 5.41) is 10.1. The molecule has 1 aromatic heterocycles. The molecule has 0 spiro atoms. The first kappa shape index (κ1) is 18.5. The number of ether oxygens (including phenoxy) is 2. The Hall–Kier alpha value is -2.81. The van der Waals surface area contributed by atoms with Crippen molar-refractivity contribution in [2.24, 2.45) is 7.05 Å². The van der Waals surface area contributed by atoms with Crippen molar-refractivity contribution in [2.45, 2.75) is 13.0 Å². The number of nitrogens with zero attached hydrogens (tertiary/aromatic N) is 3. The third-order valence-electron chi connectivity index (χ3n) is 3.38. The molecule has 0 aliphatic carbocycles. The standard InChI is InChI=1S/C16H24N6O3/c1-22-16(20-15(17)21-22)19-7-4-8-25-13-6-3-5-12(9-13)10-18-11-14(23)24-2/h3,5-6,9,18H,4,7-8,10-11H2,1-2H3,(H3,17,19,20,21). The normalized spacial score (nSPS) is 10.5. The first-order valence-corrected chi connectivity index (χ1v) is 7.98. The molecule has 2 aromatic rings. The van der Waals surface area contributed by atoms with Gasteiger partial charge in [-0.1, -0.05) is 12.1 Å². The van der Waals surface area contributed by atoms with Gasteiger partial charge in [0.25, 0.3) is 0 Å². The Balaban J connectivity index is 1.67. The molecule has 136 valence electrons. The molecular formula is C16H24N6O3. The molecule has 2 rings (SSSR count). The minimum absolute atomic E-state index is 0.180. The summed E-state index contributed by atoms with van der Waals surface area (Å²) >= 11 is 0. The average molecular weight is 348 g/mol. The molecule has 0 aliphatic rings. The number of rotatable bonds is 10. The van der Waals surface area contributed by atoms with Crippen LogP contribution in [0, 0.1) is 0 Å². The number of anilines is 2. The molecule has 1 heterocycles. The second kappa shape index (κ2) is 9.48. The average Bonchev–Trinajstić information content (AvgIpc) is 2.92. The molecule has 0 aliphatic heterocycles. The summed E-state index contributed by atoms with van der Waals surface area (Å²) in [6, 6.07) is 7.74. The third-order valence-corrected chi connectivity index (χ3v) is 3.38. The summed E-state index contributed by atoms with van der Waals surface area (Å²) in [6.45, 7) is 2.02. The molecule has 25 heavy (non-hydrogen) atoms. The van der Waals surface area contributed by atoms with Gasteiger partial charge in [0.15, 0.2) is 0 Å². The monoisotopic (exact) mass is 348 g/mol. The second-order valence-corrected chi connectivity index (χ2v) is 5.37. The van der Waals surface area contributed by atoms with Crippen molar-refractivity contribution in [1.29, 1.82) is 0 Å². The number of hydrogen-bond acceptors (Lipinski definition) is 8. The summed E-state index contributed by atoms with van der Waals surface area (Å²) in [5.74, 6) is 1.39. The lowest BCUT2D eigenvalue weighted by Crippen LogP contribution is -2.23. The molecule has 9 heteroatoms. The van der Waals surface area contributed by atoms with Gasteiger partial charge in [0, 0.05) is 20.1 Å². The number of hydrogen-bond donors (Lipinski definition) is 3. The molecule has 0 amide bonds. The van der Waals surface area contributed by atoms with Crippen molar-refractivity contribution >= 4 is 17.9 Å². The van der Waals surface area contributed by atoms with Crippen molar-refractivity contribution in [2.75, 3.05) is 37.9 Å². The molecule has 0 bridgehead atoms. The van der Waals surface area contributed by atoms with E-state index in [0.29, 0.717) is 25.6 Å². The van der Waals surface area contributed by atoms with Crippen LogP contribution in [0.5, 0.6) is 5.75 Å². The van der Waals surface area contributed by atoms with E-state index in [4.69, 9.17) is 10.5 Å². The second-order valence-electron chi connectivity index (χ2n) is 5.37. The van der Waals surface area contributed by atoms with E-state index < -0.39 is 0 Å². The number of aryl methyl sites for hydroxylation is 1. The first-order valence-electron chi connectivity index (χ1n) is 7.98. The van der Waals surface area contributed by atoms with E-state index in [9.17, 15) is 4.79 Å². The molecule has 0 radical (unpaired) electrons. The fraction of sp³-hybridized carbons (Fsp3) is 0.438. The van der Waals surface area contributed by atoms with E-state index in [1.807, 2.05) is 24.3 Å². The van der Waals surface area contributed by atoms with Crippen molar-refractivity contribution < 1.29 is 14.3 Å². The smallest absolute Gasteiger partial charge is 0.319 e. The quantitative estimate of drug-likeness (QED) is 0.421. The summed E-state index contributed by atoms with van der Waals surface area (Å²) in [7, 11) is 3.15. The van der Waals surface area contributed by atoms with Gasteiger partial charge >= 0.3 is 5.97 Å². The zero-order valence-electron chi connectivity index (χ0n) is 14.5. The Labute approximate surface area is 146 Å². The Morgan fingerprint density at radius 2 is 2.24 bits per heavy atom. The number of aromatic nitrogens is 3. The van der Waals surface area contributed by atoms with Crippen LogP contribution in [0.4, 0.5) is 11.9 Å². The van der Waals surface area contributed by atoms with Gasteiger partial charge in [0.05, 0.1) is 20.3 Å². The molecule has 0 unspecified atom stereocenters. The largest absolute Gasteiger partial charge is 0.494 e. The summed E-state index contributed by atoms with van der Waals surface area (Å²) in [6.07, 6.45) is 0.803. The van der Waals surface area contributed by atoms with Gasteiger partial charge < -0.3 is 25.8 Å². The molecule has 0 saturated carbocycles. The highest BCUT2D eigenvalue weighted by Gasteiger charge is 2.03. The highest BCUT2D eigenvalue weighted by atomic mass is 16.5. The van der Waals surface area contributed by atoms with Crippen LogP contribution in [0.3, 0.4) is 0 Å². The predicted molar refractivity (Wildman–Crippen MR) is 94.2 cm³/mol. The lowest BCUT2D eigenvalue weighted by atomic mass is 10.2. The molecule has 0 saturated heterocycles. The van der Waals surface area contributed by atoms with E-state index >= 15 is 0 Å². The highest BCUT2D eigenvalue weighted by molar-refractivity contribution is 5.71. The number of benzene rings is 1. The van der Waals surface area contributed by atoms with Gasteiger partial charge in [-0.3, -0.25) is 4.79 Å². The van der Waals surface area contributed by atoms with Crippen molar-refractivity contribution in [3.8, 4) is 5.75 Å². The molecular weight excluding hydrogens is 324 g/mol. The zero-order valence-corrected chi connectivity index (χ0v) is 14.5. The van der Waals surface area contributed by atoms with Crippen LogP contribution in [0.1, 0.15) is 12.0 Å². The van der Waals surface area contributed by atoms with Gasteiger partial charge in [0.2, 0.25) is 11.9 Å². The molecule has 1 aromatic carbocycles. The topological polar surface area (TPSA) is 116 Å². The van der Waals surface area contributed by atoms with Crippen molar-refractivity contribution in [1.82, 2.24) is 20.1 Å². The van der Waals surface area contributed by atoms with Crippen LogP contribution in [0.15, 0.2) is 24.3 Å². The van der Waals surface area contributed by atoms with Crippen LogP contribution >= 0.6 is 0 Å². The lowest BCUT2D eigenvalue weighted by molar-refractivity contribution is -0.139. The number of carbonyl (C=O) groups is 1. The van der Waals surface area contributed by atoms with Crippen LogP contribution in [-0.2, 0) is 23.1 Å². The number of carbonyl (C=O) groups excluding carboxylic acids is 1. The SMILES string of the molecule is COC(=O)CNCc1cccc(OCCCNc2nc(N)nn2C)c1. The van der Waals surface area contributed by atoms with Gasteiger partial charge in [-0.15, -0.1) is 5.10 Å². The van der Waals surface area contributed by atoms with Crippen molar-refractivity contribution in [3.05, 3.63) is 29.8 Å². The van der Waals surface area contributed by atoms with Crippen LogP contribution in [-0.4, -0.2) is 47.5 Å².